The molecule has 100 valence electrons. The van der Waals surface area contributed by atoms with Gasteiger partial charge in [-0.15, -0.1) is 0 Å². The van der Waals surface area contributed by atoms with Gasteiger partial charge < -0.3 is 10.1 Å². The van der Waals surface area contributed by atoms with E-state index in [0.717, 1.165) is 13.0 Å². The third kappa shape index (κ3) is 4.35. The Balaban J connectivity index is 2.79. The molecule has 0 saturated carbocycles. The molecular formula is C14H20FNO2. The number of hydrogen-bond donors (Lipinski definition) is 1. The summed E-state index contributed by atoms with van der Waals surface area (Å²) in [5.74, 6) is -0.982. The van der Waals surface area contributed by atoms with E-state index in [9.17, 15) is 9.18 Å². The van der Waals surface area contributed by atoms with Gasteiger partial charge in [0.15, 0.2) is 0 Å². The second-order valence-corrected chi connectivity index (χ2v) is 5.42. The van der Waals surface area contributed by atoms with E-state index in [2.05, 4.69) is 30.8 Å². The molecule has 0 fully saturated rings. The van der Waals surface area contributed by atoms with Gasteiger partial charge in [-0.25, -0.2) is 9.18 Å². The summed E-state index contributed by atoms with van der Waals surface area (Å²) in [6, 6.07) is 4.07. The van der Waals surface area contributed by atoms with Gasteiger partial charge in [-0.3, -0.25) is 0 Å². The molecule has 1 rings (SSSR count). The molecule has 0 atom stereocenters. The molecule has 0 aliphatic rings. The van der Waals surface area contributed by atoms with Gasteiger partial charge in [-0.05, 0) is 30.0 Å². The second-order valence-electron chi connectivity index (χ2n) is 5.42. The number of methoxy groups -OCH3 is 1. The Hall–Kier alpha value is -1.58. The molecule has 3 nitrogen and oxygen atoms in total. The van der Waals surface area contributed by atoms with Crippen LogP contribution in [0.2, 0.25) is 0 Å². The number of nitrogens with one attached hydrogen (secondary N) is 1. The van der Waals surface area contributed by atoms with Gasteiger partial charge in [0.25, 0.3) is 0 Å². The molecule has 1 aromatic carbocycles. The van der Waals surface area contributed by atoms with E-state index in [-0.39, 0.29) is 11.0 Å². The summed E-state index contributed by atoms with van der Waals surface area (Å²) < 4.78 is 17.8. The number of hydrogen-bond acceptors (Lipinski definition) is 3. The molecule has 0 amide bonds. The number of ether oxygens (including phenoxy) is 1. The molecule has 1 aromatic rings. The Labute approximate surface area is 107 Å². The summed E-state index contributed by atoms with van der Waals surface area (Å²) in [5.41, 5.74) is 1.04. The molecule has 0 aliphatic heterocycles. The Kier molecular flexibility index (Phi) is 4.70. The van der Waals surface area contributed by atoms with Crippen molar-refractivity contribution in [3.63, 3.8) is 0 Å². The highest BCUT2D eigenvalue weighted by Crippen LogP contribution is 2.21. The predicted molar refractivity (Wildman–Crippen MR) is 70.3 cm³/mol. The standard InChI is InChI=1S/C14H20FNO2/c1-14(2,3)7-8-16-12-6-5-10(15)9-11(12)13(17)18-4/h5-6,9,16H,7-8H2,1-4H3. The van der Waals surface area contributed by atoms with Crippen molar-refractivity contribution in [3.05, 3.63) is 29.6 Å². The summed E-state index contributed by atoms with van der Waals surface area (Å²) >= 11 is 0. The van der Waals surface area contributed by atoms with E-state index in [1.54, 1.807) is 6.07 Å². The van der Waals surface area contributed by atoms with E-state index in [1.807, 2.05) is 0 Å². The first-order chi connectivity index (χ1) is 8.33. The van der Waals surface area contributed by atoms with E-state index in [0.29, 0.717) is 5.69 Å². The van der Waals surface area contributed by atoms with Gasteiger partial charge in [0.2, 0.25) is 0 Å². The fraction of sp³-hybridized carbons (Fsp3) is 0.500. The molecule has 1 N–H and O–H groups in total. The minimum absolute atomic E-state index is 0.207. The van der Waals surface area contributed by atoms with Gasteiger partial charge in [0.05, 0.1) is 12.7 Å². The monoisotopic (exact) mass is 253 g/mol. The van der Waals surface area contributed by atoms with Crippen LogP contribution in [-0.2, 0) is 4.74 Å². The quantitative estimate of drug-likeness (QED) is 0.835. The summed E-state index contributed by atoms with van der Waals surface area (Å²) in [7, 11) is 1.28. The number of carbonyl (C=O) groups is 1. The first kappa shape index (κ1) is 14.5. The summed E-state index contributed by atoms with van der Waals surface area (Å²) in [4.78, 5) is 11.5. The van der Waals surface area contributed by atoms with E-state index >= 15 is 0 Å². The number of anilines is 1. The van der Waals surface area contributed by atoms with E-state index in [4.69, 9.17) is 0 Å². The third-order valence-electron chi connectivity index (χ3n) is 2.58. The number of benzene rings is 1. The van der Waals surface area contributed by atoms with Gasteiger partial charge in [-0.1, -0.05) is 20.8 Å². The zero-order valence-corrected chi connectivity index (χ0v) is 11.3. The highest BCUT2D eigenvalue weighted by atomic mass is 19.1. The van der Waals surface area contributed by atoms with Crippen LogP contribution in [0, 0.1) is 11.2 Å². The molecule has 0 saturated heterocycles. The summed E-state index contributed by atoms with van der Waals surface area (Å²) in [6.07, 6.45) is 0.949. The van der Waals surface area contributed by atoms with Gasteiger partial charge in [0, 0.05) is 12.2 Å². The van der Waals surface area contributed by atoms with Crippen molar-refractivity contribution in [3.8, 4) is 0 Å². The molecule has 0 bridgehead atoms. The average Bonchev–Trinajstić information content (AvgIpc) is 2.28. The van der Waals surface area contributed by atoms with Crippen LogP contribution in [0.1, 0.15) is 37.6 Å². The molecule has 0 unspecified atom stereocenters. The molecule has 0 spiro atoms. The van der Waals surface area contributed by atoms with Crippen molar-refractivity contribution < 1.29 is 13.9 Å². The smallest absolute Gasteiger partial charge is 0.340 e. The maximum Gasteiger partial charge on any atom is 0.340 e. The van der Waals surface area contributed by atoms with Crippen molar-refractivity contribution in [1.29, 1.82) is 0 Å². The van der Waals surface area contributed by atoms with Crippen LogP contribution in [-0.4, -0.2) is 19.6 Å². The maximum absolute atomic E-state index is 13.1. The SMILES string of the molecule is COC(=O)c1cc(F)ccc1NCCC(C)(C)C. The predicted octanol–water partition coefficient (Wildman–Crippen LogP) is 3.46. The van der Waals surface area contributed by atoms with Crippen LogP contribution in [0.3, 0.4) is 0 Å². The lowest BCUT2D eigenvalue weighted by atomic mass is 9.92. The van der Waals surface area contributed by atoms with Gasteiger partial charge in [0.1, 0.15) is 5.82 Å². The van der Waals surface area contributed by atoms with Crippen LogP contribution < -0.4 is 5.32 Å². The maximum atomic E-state index is 13.1. The largest absolute Gasteiger partial charge is 0.465 e. The molecule has 4 heteroatoms. The Morgan fingerprint density at radius 3 is 2.61 bits per heavy atom. The molecular weight excluding hydrogens is 233 g/mol. The second kappa shape index (κ2) is 5.85. The van der Waals surface area contributed by atoms with E-state index < -0.39 is 11.8 Å². The lowest BCUT2D eigenvalue weighted by Gasteiger charge is -2.19. The zero-order valence-electron chi connectivity index (χ0n) is 11.3. The zero-order chi connectivity index (χ0) is 13.8. The topological polar surface area (TPSA) is 38.3 Å². The van der Waals surface area contributed by atoms with Crippen molar-refractivity contribution >= 4 is 11.7 Å². The van der Waals surface area contributed by atoms with Crippen molar-refractivity contribution in [2.75, 3.05) is 19.0 Å². The lowest BCUT2D eigenvalue weighted by Crippen LogP contribution is -2.15. The van der Waals surface area contributed by atoms with Crippen LogP contribution in [0.15, 0.2) is 18.2 Å². The Morgan fingerprint density at radius 1 is 1.39 bits per heavy atom. The van der Waals surface area contributed by atoms with Gasteiger partial charge >= 0.3 is 5.97 Å². The fourth-order valence-electron chi connectivity index (χ4n) is 1.52. The van der Waals surface area contributed by atoms with Crippen LogP contribution in [0.4, 0.5) is 10.1 Å². The van der Waals surface area contributed by atoms with E-state index in [1.165, 1.54) is 19.2 Å². The molecule has 0 aromatic heterocycles. The minimum atomic E-state index is -0.534. The third-order valence-corrected chi connectivity index (χ3v) is 2.58. The minimum Gasteiger partial charge on any atom is -0.465 e. The molecule has 0 radical (unpaired) electrons. The number of esters is 1. The first-order valence-corrected chi connectivity index (χ1v) is 5.95. The average molecular weight is 253 g/mol. The number of rotatable bonds is 4. The van der Waals surface area contributed by atoms with Crippen LogP contribution >= 0.6 is 0 Å². The summed E-state index contributed by atoms with van der Waals surface area (Å²) in [6.45, 7) is 7.14. The summed E-state index contributed by atoms with van der Waals surface area (Å²) in [5, 5.41) is 3.14. The van der Waals surface area contributed by atoms with Crippen LogP contribution in [0.25, 0.3) is 0 Å². The number of carbonyl (C=O) groups excluding carboxylic acids is 1. The highest BCUT2D eigenvalue weighted by Gasteiger charge is 2.14. The van der Waals surface area contributed by atoms with Crippen LogP contribution in [0.5, 0.6) is 0 Å². The first-order valence-electron chi connectivity index (χ1n) is 5.95. The molecule has 0 heterocycles. The van der Waals surface area contributed by atoms with Crippen molar-refractivity contribution in [1.82, 2.24) is 0 Å². The molecule has 18 heavy (non-hydrogen) atoms. The normalized spacial score (nSPS) is 11.2. The van der Waals surface area contributed by atoms with Crippen molar-refractivity contribution in [2.24, 2.45) is 5.41 Å². The fourth-order valence-corrected chi connectivity index (χ4v) is 1.52. The highest BCUT2D eigenvalue weighted by molar-refractivity contribution is 5.95. The van der Waals surface area contributed by atoms with Crippen molar-refractivity contribution in [2.45, 2.75) is 27.2 Å². The number of halogens is 1. The van der Waals surface area contributed by atoms with Gasteiger partial charge in [-0.2, -0.15) is 0 Å². The lowest BCUT2D eigenvalue weighted by molar-refractivity contribution is 0.0601. The Bertz CT molecular complexity index is 424. The molecule has 0 aliphatic carbocycles. The Morgan fingerprint density at radius 2 is 2.06 bits per heavy atom.